The zero-order valence-corrected chi connectivity index (χ0v) is 9.33. The van der Waals surface area contributed by atoms with Crippen molar-refractivity contribution in [1.29, 1.82) is 0 Å². The third-order valence-corrected chi connectivity index (χ3v) is 2.53. The van der Waals surface area contributed by atoms with E-state index in [1.807, 2.05) is 0 Å². The second-order valence-corrected chi connectivity index (χ2v) is 4.42. The van der Waals surface area contributed by atoms with E-state index in [4.69, 9.17) is 0 Å². The fraction of sp³-hybridized carbons (Fsp3) is 0.538. The van der Waals surface area contributed by atoms with Crippen molar-refractivity contribution in [1.82, 2.24) is 0 Å². The number of aryl methyl sites for hydroxylation is 1. The van der Waals surface area contributed by atoms with Crippen molar-refractivity contribution in [3.63, 3.8) is 0 Å². The first-order chi connectivity index (χ1) is 6.63. The molecule has 0 spiro atoms. The summed E-state index contributed by atoms with van der Waals surface area (Å²) in [5, 5.41) is 9.30. The molecule has 0 saturated heterocycles. The van der Waals surface area contributed by atoms with E-state index in [1.165, 1.54) is 11.1 Å². The van der Waals surface area contributed by atoms with Crippen LogP contribution in [0, 0.1) is 12.8 Å². The van der Waals surface area contributed by atoms with Crippen LogP contribution in [0.4, 0.5) is 0 Å². The third kappa shape index (κ3) is 3.15. The van der Waals surface area contributed by atoms with Crippen LogP contribution in [-0.2, 0) is 0 Å². The van der Waals surface area contributed by atoms with Crippen LogP contribution in [-0.4, -0.2) is 11.7 Å². The van der Waals surface area contributed by atoms with Crippen LogP contribution in [0.1, 0.15) is 37.3 Å². The second kappa shape index (κ2) is 5.16. The van der Waals surface area contributed by atoms with Gasteiger partial charge >= 0.3 is 0 Å². The first-order valence-electron chi connectivity index (χ1n) is 5.31. The molecule has 0 fully saturated rings. The van der Waals surface area contributed by atoms with Crippen LogP contribution in [0.15, 0.2) is 24.3 Å². The summed E-state index contributed by atoms with van der Waals surface area (Å²) < 4.78 is 0. The molecule has 1 aromatic rings. The first-order valence-corrected chi connectivity index (χ1v) is 5.31. The number of benzene rings is 1. The van der Waals surface area contributed by atoms with Gasteiger partial charge in [-0.1, -0.05) is 43.7 Å². The topological polar surface area (TPSA) is 20.2 Å². The van der Waals surface area contributed by atoms with Gasteiger partial charge in [0, 0.05) is 12.5 Å². The minimum atomic E-state index is 0.251. The fourth-order valence-corrected chi connectivity index (χ4v) is 1.72. The van der Waals surface area contributed by atoms with Gasteiger partial charge in [0.05, 0.1) is 0 Å². The summed E-state index contributed by atoms with van der Waals surface area (Å²) in [7, 11) is 0. The third-order valence-electron chi connectivity index (χ3n) is 2.53. The van der Waals surface area contributed by atoms with Crippen LogP contribution in [0.25, 0.3) is 0 Å². The van der Waals surface area contributed by atoms with Gasteiger partial charge in [-0.25, -0.2) is 0 Å². The van der Waals surface area contributed by atoms with E-state index in [9.17, 15) is 5.11 Å². The van der Waals surface area contributed by atoms with Crippen LogP contribution in [0.5, 0.6) is 0 Å². The Hall–Kier alpha value is -0.820. The highest BCUT2D eigenvalue weighted by Crippen LogP contribution is 2.23. The summed E-state index contributed by atoms with van der Waals surface area (Å²) in [6.07, 6.45) is 1.06. The predicted molar refractivity (Wildman–Crippen MR) is 60.5 cm³/mol. The molecule has 1 atom stereocenters. The van der Waals surface area contributed by atoms with Gasteiger partial charge in [0.15, 0.2) is 0 Å². The molecule has 1 nitrogen and oxygen atoms in total. The molecule has 0 amide bonds. The second-order valence-electron chi connectivity index (χ2n) is 4.42. The van der Waals surface area contributed by atoms with Gasteiger partial charge in [0.1, 0.15) is 0 Å². The highest BCUT2D eigenvalue weighted by atomic mass is 16.3. The first kappa shape index (κ1) is 11.3. The average molecular weight is 192 g/mol. The summed E-state index contributed by atoms with van der Waals surface area (Å²) in [6.45, 7) is 6.72. The van der Waals surface area contributed by atoms with Crippen molar-refractivity contribution in [2.45, 2.75) is 33.1 Å². The van der Waals surface area contributed by atoms with Crippen molar-refractivity contribution < 1.29 is 5.11 Å². The van der Waals surface area contributed by atoms with Gasteiger partial charge in [-0.3, -0.25) is 0 Å². The lowest BCUT2D eigenvalue weighted by atomic mass is 9.91. The van der Waals surface area contributed by atoms with E-state index in [-0.39, 0.29) is 6.61 Å². The Labute approximate surface area is 86.8 Å². The number of aliphatic hydroxyl groups is 1. The van der Waals surface area contributed by atoms with Crippen molar-refractivity contribution >= 4 is 0 Å². The van der Waals surface area contributed by atoms with Gasteiger partial charge in [-0.05, 0) is 24.8 Å². The lowest BCUT2D eigenvalue weighted by Gasteiger charge is -2.16. The Balaban J connectivity index is 2.73. The van der Waals surface area contributed by atoms with Gasteiger partial charge < -0.3 is 5.11 Å². The SMILES string of the molecule is Cc1ccc(C(CO)CC(C)C)cc1. The Kier molecular flexibility index (Phi) is 4.15. The van der Waals surface area contributed by atoms with E-state index in [2.05, 4.69) is 45.0 Å². The van der Waals surface area contributed by atoms with Gasteiger partial charge in [-0.2, -0.15) is 0 Å². The molecule has 78 valence electrons. The predicted octanol–water partition coefficient (Wildman–Crippen LogP) is 3.12. The van der Waals surface area contributed by atoms with Crippen LogP contribution in [0.2, 0.25) is 0 Å². The minimum Gasteiger partial charge on any atom is -0.396 e. The molecule has 0 radical (unpaired) electrons. The number of rotatable bonds is 4. The smallest absolute Gasteiger partial charge is 0.0499 e. The van der Waals surface area contributed by atoms with E-state index in [1.54, 1.807) is 0 Å². The molecule has 1 aromatic carbocycles. The molecule has 0 bridgehead atoms. The highest BCUT2D eigenvalue weighted by Gasteiger charge is 2.11. The maximum atomic E-state index is 9.30. The van der Waals surface area contributed by atoms with Crippen molar-refractivity contribution in [2.75, 3.05) is 6.61 Å². The quantitative estimate of drug-likeness (QED) is 0.777. The van der Waals surface area contributed by atoms with Gasteiger partial charge in [0.25, 0.3) is 0 Å². The molecule has 0 aliphatic carbocycles. The number of hydrogen-bond acceptors (Lipinski definition) is 1. The monoisotopic (exact) mass is 192 g/mol. The Morgan fingerprint density at radius 1 is 1.14 bits per heavy atom. The summed E-state index contributed by atoms with van der Waals surface area (Å²) >= 11 is 0. The molecule has 0 saturated carbocycles. The normalized spacial score (nSPS) is 13.2. The maximum Gasteiger partial charge on any atom is 0.0499 e. The van der Waals surface area contributed by atoms with Crippen LogP contribution < -0.4 is 0 Å². The molecular weight excluding hydrogens is 172 g/mol. The van der Waals surface area contributed by atoms with Crippen LogP contribution in [0.3, 0.4) is 0 Å². The molecule has 0 heterocycles. The molecule has 0 aliphatic heterocycles. The van der Waals surface area contributed by atoms with Gasteiger partial charge in [-0.15, -0.1) is 0 Å². The van der Waals surface area contributed by atoms with E-state index in [0.717, 1.165) is 6.42 Å². The molecule has 1 unspecified atom stereocenters. The summed E-state index contributed by atoms with van der Waals surface area (Å²) in [6, 6.07) is 8.47. The van der Waals surface area contributed by atoms with Crippen LogP contribution >= 0.6 is 0 Å². The molecular formula is C13H20O. The molecule has 0 aliphatic rings. The Bertz CT molecular complexity index is 261. The summed E-state index contributed by atoms with van der Waals surface area (Å²) in [5.74, 6) is 0.934. The average Bonchev–Trinajstić information content (AvgIpc) is 2.15. The standard InChI is InChI=1S/C13H20O/c1-10(2)8-13(9-14)12-6-4-11(3)5-7-12/h4-7,10,13-14H,8-9H2,1-3H3. The van der Waals surface area contributed by atoms with Crippen molar-refractivity contribution in [2.24, 2.45) is 5.92 Å². The van der Waals surface area contributed by atoms with E-state index < -0.39 is 0 Å². The summed E-state index contributed by atoms with van der Waals surface area (Å²) in [4.78, 5) is 0. The number of aliphatic hydroxyl groups excluding tert-OH is 1. The van der Waals surface area contributed by atoms with Crippen molar-refractivity contribution in [3.8, 4) is 0 Å². The van der Waals surface area contributed by atoms with Gasteiger partial charge in [0.2, 0.25) is 0 Å². The molecule has 14 heavy (non-hydrogen) atoms. The zero-order valence-electron chi connectivity index (χ0n) is 9.33. The molecule has 0 aromatic heterocycles. The molecule has 1 rings (SSSR count). The zero-order chi connectivity index (χ0) is 10.6. The Morgan fingerprint density at radius 2 is 1.71 bits per heavy atom. The maximum absolute atomic E-state index is 9.30. The fourth-order valence-electron chi connectivity index (χ4n) is 1.72. The lowest BCUT2D eigenvalue weighted by molar-refractivity contribution is 0.249. The summed E-state index contributed by atoms with van der Waals surface area (Å²) in [5.41, 5.74) is 2.53. The lowest BCUT2D eigenvalue weighted by Crippen LogP contribution is -2.07. The van der Waals surface area contributed by atoms with E-state index >= 15 is 0 Å². The Morgan fingerprint density at radius 3 is 2.14 bits per heavy atom. The largest absolute Gasteiger partial charge is 0.396 e. The highest BCUT2D eigenvalue weighted by molar-refractivity contribution is 5.24. The molecule has 1 heteroatoms. The van der Waals surface area contributed by atoms with E-state index in [0.29, 0.717) is 11.8 Å². The molecule has 1 N–H and O–H groups in total. The van der Waals surface area contributed by atoms with Crippen molar-refractivity contribution in [3.05, 3.63) is 35.4 Å². The number of hydrogen-bond donors (Lipinski definition) is 1. The minimum absolute atomic E-state index is 0.251.